The quantitative estimate of drug-likeness (QED) is 0.721. The predicted octanol–water partition coefficient (Wildman–Crippen LogP) is 2.34. The highest BCUT2D eigenvalue weighted by Crippen LogP contribution is 2.19. The van der Waals surface area contributed by atoms with E-state index >= 15 is 0 Å². The zero-order valence-electron chi connectivity index (χ0n) is 8.05. The molecule has 1 atom stereocenters. The van der Waals surface area contributed by atoms with Gasteiger partial charge in [-0.25, -0.2) is 4.98 Å². The molecular formula is C9H15NOS. The Morgan fingerprint density at radius 3 is 2.58 bits per heavy atom. The maximum atomic E-state index is 5.20. The van der Waals surface area contributed by atoms with Crippen LogP contribution in [0.2, 0.25) is 0 Å². The first-order chi connectivity index (χ1) is 5.63. The minimum absolute atomic E-state index is 0.295. The molecule has 0 saturated heterocycles. The van der Waals surface area contributed by atoms with Gasteiger partial charge in [-0.15, -0.1) is 11.3 Å². The van der Waals surface area contributed by atoms with Crippen LogP contribution in [0.5, 0.6) is 0 Å². The fraction of sp³-hybridized carbons (Fsp3) is 0.667. The molecule has 0 radical (unpaired) electrons. The van der Waals surface area contributed by atoms with Crippen LogP contribution in [0.15, 0.2) is 0 Å². The van der Waals surface area contributed by atoms with Crippen molar-refractivity contribution in [1.82, 2.24) is 4.98 Å². The van der Waals surface area contributed by atoms with Crippen LogP contribution in [-0.4, -0.2) is 18.2 Å². The summed E-state index contributed by atoms with van der Waals surface area (Å²) >= 11 is 1.77. The lowest BCUT2D eigenvalue weighted by Gasteiger charge is -2.06. The molecule has 0 aromatic carbocycles. The Bertz CT molecular complexity index is 257. The van der Waals surface area contributed by atoms with Crippen molar-refractivity contribution in [1.29, 1.82) is 0 Å². The third-order valence-corrected chi connectivity index (χ3v) is 2.97. The zero-order chi connectivity index (χ0) is 9.14. The summed E-state index contributed by atoms with van der Waals surface area (Å²) in [5, 5.41) is 1.14. The Morgan fingerprint density at radius 1 is 1.50 bits per heavy atom. The highest BCUT2D eigenvalue weighted by Gasteiger charge is 2.08. The molecule has 0 amide bonds. The fourth-order valence-electron chi connectivity index (χ4n) is 1.11. The van der Waals surface area contributed by atoms with Gasteiger partial charge in [0.05, 0.1) is 16.8 Å². The number of methoxy groups -OCH3 is 1. The first kappa shape index (κ1) is 9.68. The van der Waals surface area contributed by atoms with Gasteiger partial charge in [-0.1, -0.05) is 0 Å². The van der Waals surface area contributed by atoms with Crippen LogP contribution in [0.25, 0.3) is 0 Å². The first-order valence-electron chi connectivity index (χ1n) is 4.09. The van der Waals surface area contributed by atoms with Gasteiger partial charge in [-0.05, 0) is 20.8 Å². The number of ether oxygens (including phenoxy) is 1. The van der Waals surface area contributed by atoms with Crippen molar-refractivity contribution in [3.63, 3.8) is 0 Å². The van der Waals surface area contributed by atoms with Crippen molar-refractivity contribution in [2.75, 3.05) is 7.11 Å². The minimum atomic E-state index is 0.295. The predicted molar refractivity (Wildman–Crippen MR) is 51.8 cm³/mol. The molecule has 1 rings (SSSR count). The van der Waals surface area contributed by atoms with Crippen LogP contribution in [0.4, 0.5) is 0 Å². The lowest BCUT2D eigenvalue weighted by molar-refractivity contribution is 0.119. The average Bonchev–Trinajstić information content (AvgIpc) is 2.30. The Kier molecular flexibility index (Phi) is 3.23. The second kappa shape index (κ2) is 4.01. The molecule has 0 N–H and O–H groups in total. The molecule has 0 bridgehead atoms. The number of hydrogen-bond donors (Lipinski definition) is 0. The van der Waals surface area contributed by atoms with Gasteiger partial charge in [0.1, 0.15) is 0 Å². The normalized spacial score (nSPS) is 13.3. The molecule has 12 heavy (non-hydrogen) atoms. The summed E-state index contributed by atoms with van der Waals surface area (Å²) in [5.41, 5.74) is 1.15. The number of nitrogens with zero attached hydrogens (tertiary/aromatic N) is 1. The molecule has 0 aliphatic rings. The van der Waals surface area contributed by atoms with Crippen LogP contribution >= 0.6 is 11.3 Å². The average molecular weight is 185 g/mol. The Balaban J connectivity index is 2.68. The summed E-state index contributed by atoms with van der Waals surface area (Å²) < 4.78 is 5.20. The first-order valence-corrected chi connectivity index (χ1v) is 4.91. The monoisotopic (exact) mass is 185 g/mol. The van der Waals surface area contributed by atoms with Crippen LogP contribution in [0.3, 0.4) is 0 Å². The van der Waals surface area contributed by atoms with E-state index in [1.54, 1.807) is 18.4 Å². The van der Waals surface area contributed by atoms with E-state index in [-0.39, 0.29) is 0 Å². The molecule has 0 saturated carbocycles. The molecule has 1 aromatic heterocycles. The molecule has 0 fully saturated rings. The highest BCUT2D eigenvalue weighted by atomic mass is 32.1. The fourth-order valence-corrected chi connectivity index (χ4v) is 2.16. The smallest absolute Gasteiger partial charge is 0.0900 e. The second-order valence-electron chi connectivity index (χ2n) is 2.99. The van der Waals surface area contributed by atoms with Crippen molar-refractivity contribution in [2.24, 2.45) is 0 Å². The van der Waals surface area contributed by atoms with E-state index in [9.17, 15) is 0 Å². The molecule has 0 spiro atoms. The van der Waals surface area contributed by atoms with Gasteiger partial charge in [0.25, 0.3) is 0 Å². The number of thiazole rings is 1. The summed E-state index contributed by atoms with van der Waals surface area (Å²) in [4.78, 5) is 5.71. The van der Waals surface area contributed by atoms with E-state index in [2.05, 4.69) is 18.8 Å². The Hall–Kier alpha value is -0.410. The third kappa shape index (κ3) is 2.29. The number of hydrogen-bond acceptors (Lipinski definition) is 3. The van der Waals surface area contributed by atoms with Gasteiger partial charge in [-0.3, -0.25) is 0 Å². The third-order valence-electron chi connectivity index (χ3n) is 1.87. The Morgan fingerprint density at radius 2 is 2.17 bits per heavy atom. The maximum Gasteiger partial charge on any atom is 0.0900 e. The van der Waals surface area contributed by atoms with E-state index in [1.165, 1.54) is 4.88 Å². The van der Waals surface area contributed by atoms with Crippen LogP contribution in [-0.2, 0) is 11.2 Å². The van der Waals surface area contributed by atoms with Gasteiger partial charge in [0.15, 0.2) is 0 Å². The van der Waals surface area contributed by atoms with Gasteiger partial charge >= 0.3 is 0 Å². The van der Waals surface area contributed by atoms with E-state index in [0.29, 0.717) is 6.10 Å². The van der Waals surface area contributed by atoms with Crippen molar-refractivity contribution in [2.45, 2.75) is 33.3 Å². The minimum Gasteiger partial charge on any atom is -0.381 e. The zero-order valence-corrected chi connectivity index (χ0v) is 8.86. The molecule has 1 aromatic rings. The van der Waals surface area contributed by atoms with Gasteiger partial charge < -0.3 is 4.74 Å². The highest BCUT2D eigenvalue weighted by molar-refractivity contribution is 7.11. The lowest BCUT2D eigenvalue weighted by atomic mass is 10.2. The summed E-state index contributed by atoms with van der Waals surface area (Å²) in [5.74, 6) is 0. The van der Waals surface area contributed by atoms with Gasteiger partial charge in [0.2, 0.25) is 0 Å². The van der Waals surface area contributed by atoms with Gasteiger partial charge in [-0.2, -0.15) is 0 Å². The van der Waals surface area contributed by atoms with Crippen molar-refractivity contribution >= 4 is 11.3 Å². The molecule has 0 aliphatic carbocycles. The van der Waals surface area contributed by atoms with Gasteiger partial charge in [0, 0.05) is 18.4 Å². The number of aromatic nitrogens is 1. The van der Waals surface area contributed by atoms with E-state index in [4.69, 9.17) is 4.74 Å². The summed E-state index contributed by atoms with van der Waals surface area (Å²) in [6, 6.07) is 0. The summed E-state index contributed by atoms with van der Waals surface area (Å²) in [6.07, 6.45) is 1.27. The standard InChI is InChI=1S/C9H15NOS/c1-6(11-4)5-9-7(2)10-8(3)12-9/h6H,5H2,1-4H3. The molecular weight excluding hydrogens is 170 g/mol. The summed E-state index contributed by atoms with van der Waals surface area (Å²) in [7, 11) is 1.74. The second-order valence-corrected chi connectivity index (χ2v) is 4.28. The lowest BCUT2D eigenvalue weighted by Crippen LogP contribution is -2.08. The molecule has 68 valence electrons. The van der Waals surface area contributed by atoms with Crippen LogP contribution < -0.4 is 0 Å². The van der Waals surface area contributed by atoms with Crippen molar-refractivity contribution < 1.29 is 4.74 Å². The van der Waals surface area contributed by atoms with E-state index in [0.717, 1.165) is 17.1 Å². The molecule has 1 unspecified atom stereocenters. The molecule has 3 heteroatoms. The molecule has 2 nitrogen and oxygen atoms in total. The van der Waals surface area contributed by atoms with Crippen LogP contribution in [0.1, 0.15) is 22.5 Å². The summed E-state index contributed by atoms with van der Waals surface area (Å²) in [6.45, 7) is 6.17. The maximum absolute atomic E-state index is 5.20. The SMILES string of the molecule is COC(C)Cc1sc(C)nc1C. The number of aryl methyl sites for hydroxylation is 2. The largest absolute Gasteiger partial charge is 0.381 e. The van der Waals surface area contributed by atoms with Crippen molar-refractivity contribution in [3.05, 3.63) is 15.6 Å². The van der Waals surface area contributed by atoms with E-state index in [1.807, 2.05) is 6.92 Å². The molecule has 1 heterocycles. The van der Waals surface area contributed by atoms with Crippen molar-refractivity contribution in [3.8, 4) is 0 Å². The van der Waals surface area contributed by atoms with E-state index < -0.39 is 0 Å². The molecule has 0 aliphatic heterocycles. The Labute approximate surface area is 77.6 Å². The number of rotatable bonds is 3. The topological polar surface area (TPSA) is 22.1 Å². The van der Waals surface area contributed by atoms with Crippen LogP contribution in [0, 0.1) is 13.8 Å².